The van der Waals surface area contributed by atoms with Crippen molar-refractivity contribution in [1.29, 1.82) is 0 Å². The smallest absolute Gasteiger partial charge is 0.263 e. The molecule has 90 valence electrons. The van der Waals surface area contributed by atoms with Crippen LogP contribution in [0.25, 0.3) is 0 Å². The van der Waals surface area contributed by atoms with Gasteiger partial charge in [-0.1, -0.05) is 30.9 Å². The maximum atomic E-state index is 12.1. The van der Waals surface area contributed by atoms with E-state index in [2.05, 4.69) is 11.9 Å². The first-order valence-corrected chi connectivity index (χ1v) is 5.78. The number of rotatable bonds is 3. The monoisotopic (exact) mass is 248 g/mol. The fraction of sp³-hybridized carbons (Fsp3) is 0.231. The van der Waals surface area contributed by atoms with Crippen molar-refractivity contribution < 1.29 is 4.79 Å². The van der Waals surface area contributed by atoms with Crippen molar-refractivity contribution in [2.45, 2.75) is 19.9 Å². The number of hydrogen-bond acceptors (Lipinski definition) is 2. The number of nitrogens with zero attached hydrogens (tertiary/aromatic N) is 1. The second-order valence-electron chi connectivity index (χ2n) is 3.48. The van der Waals surface area contributed by atoms with Crippen LogP contribution in [-0.4, -0.2) is 22.0 Å². The Labute approximate surface area is 107 Å². The highest BCUT2D eigenvalue weighted by Gasteiger charge is 2.23. The molecule has 0 radical (unpaired) electrons. The summed E-state index contributed by atoms with van der Waals surface area (Å²) in [5.41, 5.74) is 0.540. The van der Waals surface area contributed by atoms with Gasteiger partial charge in [0.05, 0.1) is 6.04 Å². The number of allylic oxidation sites excluding steroid dienone is 2. The number of carbonyl (C=O) groups is 1. The lowest BCUT2D eigenvalue weighted by atomic mass is 10.1. The standard InChI is InChI=1S/C13H16N2OS/c1-4-7-11-9-10(6-3)12(16)15(8-5-2)13(17)14-11/h4-9,11H,3H2,1-2H3,(H,14,17)/b7-4-,8-5+. The van der Waals surface area contributed by atoms with E-state index in [-0.39, 0.29) is 11.9 Å². The van der Waals surface area contributed by atoms with Gasteiger partial charge in [-0.05, 0) is 32.1 Å². The molecule has 0 aromatic heterocycles. The van der Waals surface area contributed by atoms with Crippen LogP contribution in [0.15, 0.2) is 48.7 Å². The van der Waals surface area contributed by atoms with Crippen LogP contribution in [0.2, 0.25) is 0 Å². The van der Waals surface area contributed by atoms with Gasteiger partial charge in [0.1, 0.15) is 0 Å². The Morgan fingerprint density at radius 2 is 2.18 bits per heavy atom. The van der Waals surface area contributed by atoms with Crippen molar-refractivity contribution in [3.63, 3.8) is 0 Å². The number of nitrogens with one attached hydrogen (secondary N) is 1. The number of carbonyl (C=O) groups excluding carboxylic acids is 1. The van der Waals surface area contributed by atoms with Crippen molar-refractivity contribution >= 4 is 23.2 Å². The van der Waals surface area contributed by atoms with Crippen molar-refractivity contribution in [1.82, 2.24) is 10.2 Å². The third kappa shape index (κ3) is 3.14. The second kappa shape index (κ2) is 6.15. The molecule has 1 N–H and O–H groups in total. The third-order valence-corrected chi connectivity index (χ3v) is 2.57. The zero-order valence-corrected chi connectivity index (χ0v) is 10.8. The summed E-state index contributed by atoms with van der Waals surface area (Å²) in [6.45, 7) is 7.41. The predicted octanol–water partition coefficient (Wildman–Crippen LogP) is 2.29. The highest BCUT2D eigenvalue weighted by molar-refractivity contribution is 7.80. The van der Waals surface area contributed by atoms with Crippen LogP contribution in [0.5, 0.6) is 0 Å². The summed E-state index contributed by atoms with van der Waals surface area (Å²) in [5, 5.41) is 3.48. The second-order valence-corrected chi connectivity index (χ2v) is 3.87. The molecule has 1 rings (SSSR count). The van der Waals surface area contributed by atoms with E-state index in [0.717, 1.165) is 0 Å². The molecule has 1 aliphatic heterocycles. The molecule has 1 heterocycles. The topological polar surface area (TPSA) is 32.3 Å². The summed E-state index contributed by atoms with van der Waals surface area (Å²) in [5.74, 6) is -0.164. The Hall–Kier alpha value is -1.68. The first kappa shape index (κ1) is 13.4. The van der Waals surface area contributed by atoms with Crippen LogP contribution < -0.4 is 5.32 Å². The molecule has 1 unspecified atom stereocenters. The lowest BCUT2D eigenvalue weighted by molar-refractivity contribution is -0.121. The van der Waals surface area contributed by atoms with E-state index in [1.807, 2.05) is 32.1 Å². The highest BCUT2D eigenvalue weighted by Crippen LogP contribution is 2.12. The molecule has 1 amide bonds. The van der Waals surface area contributed by atoms with Crippen molar-refractivity contribution in [3.8, 4) is 0 Å². The van der Waals surface area contributed by atoms with Crippen LogP contribution in [0, 0.1) is 0 Å². The number of thiocarbonyl (C=S) groups is 1. The molecule has 0 saturated heterocycles. The molecular weight excluding hydrogens is 232 g/mol. The molecule has 0 aliphatic carbocycles. The van der Waals surface area contributed by atoms with Gasteiger partial charge in [0.2, 0.25) is 0 Å². The summed E-state index contributed by atoms with van der Waals surface area (Å²) in [4.78, 5) is 13.5. The van der Waals surface area contributed by atoms with E-state index >= 15 is 0 Å². The Balaban J connectivity index is 3.14. The predicted molar refractivity (Wildman–Crippen MR) is 74.3 cm³/mol. The molecule has 1 aliphatic rings. The molecule has 0 bridgehead atoms. The largest absolute Gasteiger partial charge is 0.352 e. The van der Waals surface area contributed by atoms with Gasteiger partial charge >= 0.3 is 0 Å². The molecule has 1 atom stereocenters. The van der Waals surface area contributed by atoms with E-state index < -0.39 is 0 Å². The minimum atomic E-state index is -0.164. The van der Waals surface area contributed by atoms with E-state index in [1.165, 1.54) is 4.90 Å². The van der Waals surface area contributed by atoms with Crippen LogP contribution in [0.4, 0.5) is 0 Å². The molecular formula is C13H16N2OS. The summed E-state index contributed by atoms with van der Waals surface area (Å²) in [6.07, 6.45) is 10.6. The van der Waals surface area contributed by atoms with Crippen LogP contribution in [0.1, 0.15) is 13.8 Å². The molecule has 3 nitrogen and oxygen atoms in total. The lowest BCUT2D eigenvalue weighted by Crippen LogP contribution is -2.41. The van der Waals surface area contributed by atoms with E-state index in [4.69, 9.17) is 12.2 Å². The quantitative estimate of drug-likeness (QED) is 0.614. The van der Waals surface area contributed by atoms with Gasteiger partial charge in [0.25, 0.3) is 5.91 Å². The van der Waals surface area contributed by atoms with Gasteiger partial charge < -0.3 is 5.32 Å². The van der Waals surface area contributed by atoms with Crippen molar-refractivity contribution in [2.24, 2.45) is 0 Å². The summed E-state index contributed by atoms with van der Waals surface area (Å²) < 4.78 is 0. The van der Waals surface area contributed by atoms with Crippen LogP contribution >= 0.6 is 12.2 Å². The van der Waals surface area contributed by atoms with E-state index in [1.54, 1.807) is 18.4 Å². The molecule has 0 fully saturated rings. The average molecular weight is 248 g/mol. The molecule has 0 spiro atoms. The van der Waals surface area contributed by atoms with Gasteiger partial charge in [-0.15, -0.1) is 0 Å². The van der Waals surface area contributed by atoms with Gasteiger partial charge in [0.15, 0.2) is 5.11 Å². The third-order valence-electron chi connectivity index (χ3n) is 2.25. The van der Waals surface area contributed by atoms with E-state index in [0.29, 0.717) is 10.7 Å². The van der Waals surface area contributed by atoms with Crippen LogP contribution in [-0.2, 0) is 4.79 Å². The zero-order valence-electron chi connectivity index (χ0n) is 10.0. The maximum Gasteiger partial charge on any atom is 0.263 e. The molecule has 0 aromatic carbocycles. The normalized spacial score (nSPS) is 21.6. The minimum absolute atomic E-state index is 0.0836. The van der Waals surface area contributed by atoms with Crippen molar-refractivity contribution in [2.75, 3.05) is 0 Å². The number of hydrogen-bond donors (Lipinski definition) is 1. The molecule has 0 aromatic rings. The first-order chi connectivity index (χ1) is 8.13. The Bertz CT molecular complexity index is 421. The molecule has 0 saturated carbocycles. The van der Waals surface area contributed by atoms with Gasteiger partial charge in [-0.2, -0.15) is 0 Å². The molecule has 17 heavy (non-hydrogen) atoms. The van der Waals surface area contributed by atoms with E-state index in [9.17, 15) is 4.79 Å². The van der Waals surface area contributed by atoms with Gasteiger partial charge in [0, 0.05) is 11.8 Å². The lowest BCUT2D eigenvalue weighted by Gasteiger charge is -2.18. The van der Waals surface area contributed by atoms with Gasteiger partial charge in [-0.25, -0.2) is 0 Å². The van der Waals surface area contributed by atoms with Crippen LogP contribution in [0.3, 0.4) is 0 Å². The minimum Gasteiger partial charge on any atom is -0.352 e. The first-order valence-electron chi connectivity index (χ1n) is 5.38. The molecule has 4 heteroatoms. The Kier molecular flexibility index (Phi) is 4.84. The fourth-order valence-corrected chi connectivity index (χ4v) is 1.78. The zero-order chi connectivity index (χ0) is 12.8. The average Bonchev–Trinajstić information content (AvgIpc) is 2.41. The highest BCUT2D eigenvalue weighted by atomic mass is 32.1. The Morgan fingerprint density at radius 3 is 2.71 bits per heavy atom. The van der Waals surface area contributed by atoms with Gasteiger partial charge in [-0.3, -0.25) is 9.69 Å². The SMILES string of the molecule is C=CC1=CC(/C=C\C)NC(=S)N(/C=C/C)C1=O. The fourth-order valence-electron chi connectivity index (χ4n) is 1.50. The maximum absolute atomic E-state index is 12.1. The summed E-state index contributed by atoms with van der Waals surface area (Å²) in [7, 11) is 0. The summed E-state index contributed by atoms with van der Waals surface area (Å²) in [6, 6.07) is -0.0836. The Morgan fingerprint density at radius 1 is 1.47 bits per heavy atom. The van der Waals surface area contributed by atoms with Crippen molar-refractivity contribution in [3.05, 3.63) is 48.7 Å². The number of amides is 1. The summed E-state index contributed by atoms with van der Waals surface area (Å²) >= 11 is 5.19.